The first kappa shape index (κ1) is 120. The number of hydroxylamine groups is 3. The van der Waals surface area contributed by atoms with Gasteiger partial charge in [0.25, 0.3) is 17.5 Å². The Morgan fingerprint density at radius 2 is 0.695 bits per heavy atom. The number of aliphatic hydroxyl groups is 1. The van der Waals surface area contributed by atoms with Crippen LogP contribution >= 0.6 is 0 Å². The van der Waals surface area contributed by atoms with Crippen molar-refractivity contribution >= 4 is 106 Å². The summed E-state index contributed by atoms with van der Waals surface area (Å²) in [7, 11) is -4.24. The number of carbonyl (C=O) groups excluding carboxylic acids is 14. The molecule has 7 N–H and O–H groups in total. The molecule has 131 heavy (non-hydrogen) atoms. The number of non-ortho nitro benzene ring substituents is 1. The zero-order valence-corrected chi connectivity index (χ0v) is 82.8. The van der Waals surface area contributed by atoms with Gasteiger partial charge in [-0.25, -0.2) is 19.2 Å². The third kappa shape index (κ3) is 45.8. The molecule has 3 heterocycles. The van der Waals surface area contributed by atoms with E-state index in [9.17, 15) is 58.4 Å². The van der Waals surface area contributed by atoms with Crippen LogP contribution in [0.15, 0.2) is 54.6 Å². The fraction of sp³-hybridized carbons (Fsp3) is 0.655. The maximum Gasteiger partial charge on any atom is 0.431 e. The minimum absolute atomic E-state index is 0.00225. The number of ether oxygens (including phenoxy) is 12. The van der Waals surface area contributed by atoms with Crippen LogP contribution in [0.3, 0.4) is 0 Å². The number of carboxylic acid groups (broad SMARTS) is 1. The zero-order chi connectivity index (χ0) is 101. The van der Waals surface area contributed by atoms with Gasteiger partial charge in [0.05, 0.1) is 43.1 Å². The summed E-state index contributed by atoms with van der Waals surface area (Å²) in [6.07, 6.45) is -6.36. The Bertz CT molecular complexity index is 4260. The molecule has 6 rings (SSSR count). The zero-order valence-electron chi connectivity index (χ0n) is 80.8. The van der Waals surface area contributed by atoms with Gasteiger partial charge in [-0.3, -0.25) is 48.6 Å². The molecular formula is C87H136N6O36Si2. The van der Waals surface area contributed by atoms with E-state index in [-0.39, 0.29) is 108 Å². The monoisotopic (exact) mass is 1900 g/mol. The normalized spacial score (nSPS) is 21.6. The summed E-state index contributed by atoms with van der Waals surface area (Å²) in [5.41, 5.74) is 6.39. The molecule has 0 spiro atoms. The highest BCUT2D eigenvalue weighted by Gasteiger charge is 2.48. The molecule has 0 bridgehead atoms. The van der Waals surface area contributed by atoms with Crippen LogP contribution < -0.4 is 41.3 Å². The number of carboxylic acids is 1. The van der Waals surface area contributed by atoms with E-state index in [1.165, 1.54) is 39.0 Å². The highest BCUT2D eigenvalue weighted by molar-refractivity contribution is 6.74. The van der Waals surface area contributed by atoms with Gasteiger partial charge in [0.2, 0.25) is 18.9 Å². The van der Waals surface area contributed by atoms with Crippen LogP contribution in [0, 0.1) is 45.6 Å². The molecule has 738 valence electrons. The highest BCUT2D eigenvalue weighted by Crippen LogP contribution is 2.43. The molecule has 44 heteroatoms. The van der Waals surface area contributed by atoms with Crippen LogP contribution in [-0.4, -0.2) is 196 Å². The van der Waals surface area contributed by atoms with Crippen LogP contribution in [0.2, 0.25) is 36.3 Å². The molecule has 0 saturated carbocycles. The molecular weight excluding hydrogens is 1760 g/mol. The van der Waals surface area contributed by atoms with Crippen molar-refractivity contribution in [1.29, 1.82) is 0 Å². The van der Waals surface area contributed by atoms with Crippen molar-refractivity contribution in [3.05, 3.63) is 81.4 Å². The number of amides is 5. The van der Waals surface area contributed by atoms with Crippen molar-refractivity contribution in [1.82, 2.24) is 16.4 Å². The number of carbonyl (C=O) groups is 9. The molecule has 0 radical (unpaired) electrons. The predicted octanol–water partition coefficient (Wildman–Crippen LogP) is 13.1. The van der Waals surface area contributed by atoms with E-state index in [0.29, 0.717) is 45.3 Å². The van der Waals surface area contributed by atoms with Crippen LogP contribution in [-0.2, 0) is 143 Å². The Balaban J connectivity index is 0.00000174. The summed E-state index contributed by atoms with van der Waals surface area (Å²) in [6.45, 7) is 57.3. The topological polar surface area (TPSA) is 557 Å². The van der Waals surface area contributed by atoms with E-state index >= 15 is 0 Å². The number of nitrogens with zero attached hydrogens (tertiary/aromatic N) is 1. The third-order valence-electron chi connectivity index (χ3n) is 20.9. The molecule has 42 nitrogen and oxygen atoms in total. The molecule has 0 aromatic heterocycles. The number of aliphatic hydroxyl groups excluding tert-OH is 1. The maximum absolute atomic E-state index is 12.5. The molecule has 3 aliphatic rings. The van der Waals surface area contributed by atoms with E-state index in [4.69, 9.17) is 109 Å². The third-order valence-corrected chi connectivity index (χ3v) is 29.9. The summed E-state index contributed by atoms with van der Waals surface area (Å²) in [5, 5.41) is 34.7. The van der Waals surface area contributed by atoms with Crippen molar-refractivity contribution < 1.29 is 167 Å². The molecule has 3 aromatic rings. The van der Waals surface area contributed by atoms with E-state index in [0.717, 1.165) is 0 Å². The van der Waals surface area contributed by atoms with E-state index < -0.39 is 149 Å². The highest BCUT2D eigenvalue weighted by atomic mass is 28.4. The summed E-state index contributed by atoms with van der Waals surface area (Å²) >= 11 is 0. The van der Waals surface area contributed by atoms with Gasteiger partial charge in [0.15, 0.2) is 54.8 Å². The first-order valence-electron chi connectivity index (χ1n) is 41.7. The second-order valence-corrected chi connectivity index (χ2v) is 46.3. The minimum Gasteiger partial charge on any atom is -0.479 e. The van der Waals surface area contributed by atoms with Gasteiger partial charge >= 0.3 is 60.6 Å². The second-order valence-electron chi connectivity index (χ2n) is 36.7. The lowest BCUT2D eigenvalue weighted by atomic mass is 9.84. The lowest BCUT2D eigenvalue weighted by Gasteiger charge is -2.42. The van der Waals surface area contributed by atoms with E-state index in [1.54, 1.807) is 98.7 Å². The molecule has 15 atom stereocenters. The number of nitro groups is 1. The largest absolute Gasteiger partial charge is 0.479 e. The van der Waals surface area contributed by atoms with Gasteiger partial charge in [0.1, 0.15) is 34.1 Å². The summed E-state index contributed by atoms with van der Waals surface area (Å²) in [4.78, 5) is 178. The SMILES string of the molecule is CC(=O)OC1C(Oc2ccc(NC(=O)CONC(=O)OC(C)(C)C)cc2CO)OC(C)C(C)C1C.CC(=O)OC1C(Oc2ccc(NC(=O)CONC(=O)OC(C)(C)C)cc2CO[Si](C)(C)C(C)(C)C)OC(C)C(C)C1C.CC(=O)OC1C(Oc2ccc([N+](=O)[O-])cc2CO[Si](C)(C)C(C)(C)C)OC(C)C(C)C1C.CC(C)(C)OC(=O)NOCC(=O)O.O=C=O.O=C=O.O=C=O. The second kappa shape index (κ2) is 55.6. The van der Waals surface area contributed by atoms with Crippen LogP contribution in [0.25, 0.3) is 0 Å². The van der Waals surface area contributed by atoms with Crippen LogP contribution in [0.4, 0.5) is 31.4 Å². The van der Waals surface area contributed by atoms with Crippen molar-refractivity contribution in [3.63, 3.8) is 0 Å². The van der Waals surface area contributed by atoms with Crippen molar-refractivity contribution in [2.45, 2.75) is 315 Å². The Morgan fingerprint density at radius 1 is 0.427 bits per heavy atom. The molecule has 3 aliphatic heterocycles. The Kier molecular flexibility index (Phi) is 51.1. The van der Waals surface area contributed by atoms with Crippen molar-refractivity contribution in [2.75, 3.05) is 30.5 Å². The Labute approximate surface area is 766 Å². The average Bonchev–Trinajstić information content (AvgIpc) is 0.800. The van der Waals surface area contributed by atoms with Crippen LogP contribution in [0.1, 0.15) is 204 Å². The smallest absolute Gasteiger partial charge is 0.431 e. The van der Waals surface area contributed by atoms with Gasteiger partial charge in [-0.1, -0.05) is 83.1 Å². The van der Waals surface area contributed by atoms with Crippen LogP contribution in [0.5, 0.6) is 17.2 Å². The fourth-order valence-corrected chi connectivity index (χ4v) is 13.2. The number of nitrogens with one attached hydrogen (secondary N) is 5. The number of hydrogen-bond acceptors (Lipinski definition) is 35. The summed E-state index contributed by atoms with van der Waals surface area (Å²) < 4.78 is 81.0. The van der Waals surface area contributed by atoms with Crippen molar-refractivity contribution in [3.8, 4) is 17.2 Å². The van der Waals surface area contributed by atoms with Gasteiger partial charge in [0, 0.05) is 78.7 Å². The molecule has 15 unspecified atom stereocenters. The number of nitro benzene ring substituents is 1. The number of aliphatic carboxylic acids is 1. The minimum atomic E-state index is -2.14. The van der Waals surface area contributed by atoms with Gasteiger partial charge < -0.3 is 86.5 Å². The summed E-state index contributed by atoms with van der Waals surface area (Å²) in [6, 6.07) is 14.3. The predicted molar refractivity (Wildman–Crippen MR) is 468 cm³/mol. The lowest BCUT2D eigenvalue weighted by Crippen LogP contribution is -2.52. The Morgan fingerprint density at radius 3 is 0.954 bits per heavy atom. The van der Waals surface area contributed by atoms with Gasteiger partial charge in [-0.2, -0.15) is 45.2 Å². The van der Waals surface area contributed by atoms with Crippen molar-refractivity contribution in [2.24, 2.45) is 35.5 Å². The number of benzene rings is 3. The van der Waals surface area contributed by atoms with E-state index in [2.05, 4.69) is 95.6 Å². The number of rotatable bonds is 28. The van der Waals surface area contributed by atoms with Gasteiger partial charge in [-0.05, 0) is 180 Å². The summed E-state index contributed by atoms with van der Waals surface area (Å²) in [5.74, 6) is -1.77. The molecule has 3 fully saturated rings. The first-order valence-corrected chi connectivity index (χ1v) is 47.5. The number of anilines is 2. The molecule has 3 saturated heterocycles. The standard InChI is InChI=1S/C30H50N2O9Si.C24H36N2O9.C23H37NO7Si.C7H13NO5.3CO2/c1-18-19(2)26(39-21(4)33)27(38-20(18)3)40-24-14-13-23(15-22(24)16-37-42(11,12)30(8,9)10)31-25(34)17-36-32-28(35)41-29(5,6)7;1-13-14(2)21(33-16(4)28)22(32-15(13)3)34-19-9-8-18(10-17(19)11-27)25-20(29)12-31-26-23(30)35-24(5,6)7;1-14-15(2)21(30-17(4)25)22(29-16(14)3)31-20-11-10-19(24(26)27)12-18(20)13-28-32(8,9)23(5,6)7;1-7(2,3)13-6(11)8-12-4-5(9)10;3*2-1-3/h13-15,18-20,26-27H,16-17H2,1-12H3,(H,31,34)(H,32,35);8-10,13-15,21-22,27H,11-12H2,1-7H3,(H,25,29)(H,26,30);10-12,14-16,21-22H,13H2,1-9H3;4H2,1-3H3,(H,8,11)(H,9,10);;;. The first-order chi connectivity index (χ1) is 60.2. The number of esters is 3. The molecule has 0 aliphatic carbocycles. The molecule has 5 amide bonds. The average molecular weight is 1900 g/mol. The van der Waals surface area contributed by atoms with E-state index in [1.807, 2.05) is 66.4 Å². The fourth-order valence-electron chi connectivity index (χ4n) is 11.3. The quantitative estimate of drug-likeness (QED) is 0.0117. The van der Waals surface area contributed by atoms with Gasteiger partial charge in [-0.15, -0.1) is 0 Å². The Hall–Kier alpha value is -10.7. The molecule has 3 aromatic carbocycles. The number of hydrogen-bond donors (Lipinski definition) is 7. The lowest BCUT2D eigenvalue weighted by molar-refractivity contribution is -0.385. The maximum atomic E-state index is 12.5.